The van der Waals surface area contributed by atoms with Crippen molar-refractivity contribution in [1.82, 2.24) is 0 Å². The Balaban J connectivity index is 2.04. The summed E-state index contributed by atoms with van der Waals surface area (Å²) in [6.07, 6.45) is 3.54. The minimum Gasteiger partial charge on any atom is -0.487 e. The van der Waals surface area contributed by atoms with Crippen LogP contribution in [0.25, 0.3) is 0 Å². The Bertz CT molecular complexity index is 418. The van der Waals surface area contributed by atoms with Gasteiger partial charge in [-0.15, -0.1) is 0 Å². The van der Waals surface area contributed by atoms with E-state index in [0.29, 0.717) is 17.7 Å². The Hall–Kier alpha value is -1.10. The zero-order chi connectivity index (χ0) is 12.3. The summed E-state index contributed by atoms with van der Waals surface area (Å²) < 4.78 is 5.49. The molecule has 1 fully saturated rings. The third-order valence-electron chi connectivity index (χ3n) is 2.85. The summed E-state index contributed by atoms with van der Waals surface area (Å²) in [5, 5.41) is 11.5. The van der Waals surface area contributed by atoms with Gasteiger partial charge in [0.1, 0.15) is 0 Å². The summed E-state index contributed by atoms with van der Waals surface area (Å²) >= 11 is 3.28. The van der Waals surface area contributed by atoms with E-state index < -0.39 is 4.92 Å². The van der Waals surface area contributed by atoms with Crippen molar-refractivity contribution >= 4 is 21.6 Å². The summed E-state index contributed by atoms with van der Waals surface area (Å²) in [7, 11) is 0. The molecule has 0 spiro atoms. The van der Waals surface area contributed by atoms with Gasteiger partial charge in [-0.05, 0) is 24.0 Å². The average molecular weight is 300 g/mol. The number of alkyl halides is 1. The van der Waals surface area contributed by atoms with Crippen molar-refractivity contribution in [1.29, 1.82) is 0 Å². The lowest BCUT2D eigenvalue weighted by Gasteiger charge is -2.07. The highest BCUT2D eigenvalue weighted by molar-refractivity contribution is 9.08. The van der Waals surface area contributed by atoms with Crippen LogP contribution in [0, 0.1) is 16.0 Å². The molecular formula is C12H14BrNO3. The number of halogens is 1. The van der Waals surface area contributed by atoms with Gasteiger partial charge < -0.3 is 4.74 Å². The lowest BCUT2D eigenvalue weighted by molar-refractivity contribution is -0.385. The Morgan fingerprint density at radius 3 is 2.82 bits per heavy atom. The second-order valence-corrected chi connectivity index (χ2v) is 4.83. The fraction of sp³-hybridized carbons (Fsp3) is 0.500. The fourth-order valence-corrected chi connectivity index (χ4v) is 2.00. The molecule has 5 heteroatoms. The molecule has 92 valence electrons. The van der Waals surface area contributed by atoms with E-state index in [1.807, 2.05) is 6.07 Å². The van der Waals surface area contributed by atoms with Crippen molar-refractivity contribution in [3.63, 3.8) is 0 Å². The quantitative estimate of drug-likeness (QED) is 0.457. The molecule has 2 rings (SSSR count). The average Bonchev–Trinajstić information content (AvgIpc) is 3.13. The predicted molar refractivity (Wildman–Crippen MR) is 68.6 cm³/mol. The van der Waals surface area contributed by atoms with Crippen LogP contribution in [-0.4, -0.2) is 11.5 Å². The van der Waals surface area contributed by atoms with Crippen LogP contribution in [0.2, 0.25) is 0 Å². The molecule has 0 heterocycles. The molecule has 0 atom stereocenters. The van der Waals surface area contributed by atoms with Gasteiger partial charge in [0.15, 0.2) is 5.75 Å². The topological polar surface area (TPSA) is 52.4 Å². The van der Waals surface area contributed by atoms with Gasteiger partial charge in [0.05, 0.1) is 11.5 Å². The first-order valence-electron chi connectivity index (χ1n) is 5.67. The summed E-state index contributed by atoms with van der Waals surface area (Å²) in [4.78, 5) is 10.5. The largest absolute Gasteiger partial charge is 0.487 e. The van der Waals surface area contributed by atoms with E-state index in [-0.39, 0.29) is 5.69 Å². The molecular weight excluding hydrogens is 286 g/mol. The molecule has 0 aliphatic heterocycles. The molecule has 17 heavy (non-hydrogen) atoms. The smallest absolute Gasteiger partial charge is 0.311 e. The Morgan fingerprint density at radius 1 is 1.47 bits per heavy atom. The van der Waals surface area contributed by atoms with E-state index in [9.17, 15) is 10.1 Å². The highest BCUT2D eigenvalue weighted by atomic mass is 79.9. The van der Waals surface area contributed by atoms with Crippen molar-refractivity contribution in [2.45, 2.75) is 24.6 Å². The molecule has 4 nitrogen and oxygen atoms in total. The predicted octanol–water partition coefficient (Wildman–Crippen LogP) is 3.67. The zero-order valence-corrected chi connectivity index (χ0v) is 11.0. The van der Waals surface area contributed by atoms with E-state index in [4.69, 9.17) is 4.74 Å². The number of ether oxygens (including phenoxy) is 1. The van der Waals surface area contributed by atoms with Crippen molar-refractivity contribution in [3.8, 4) is 5.75 Å². The lowest BCUT2D eigenvalue weighted by atomic mass is 10.2. The minimum absolute atomic E-state index is 0.0535. The van der Waals surface area contributed by atoms with Gasteiger partial charge in [-0.2, -0.15) is 0 Å². The van der Waals surface area contributed by atoms with Crippen LogP contribution in [0.15, 0.2) is 18.2 Å². The maximum atomic E-state index is 10.9. The number of rotatable bonds is 6. The van der Waals surface area contributed by atoms with Crippen LogP contribution in [0.4, 0.5) is 5.69 Å². The molecule has 1 aromatic rings. The first kappa shape index (κ1) is 12.4. The molecule has 0 amide bonds. The number of benzene rings is 1. The Kier molecular flexibility index (Phi) is 3.99. The molecule has 0 N–H and O–H groups in total. The fourth-order valence-electron chi connectivity index (χ4n) is 1.65. The molecule has 1 aliphatic carbocycles. The van der Waals surface area contributed by atoms with Crippen molar-refractivity contribution < 1.29 is 9.66 Å². The van der Waals surface area contributed by atoms with Crippen molar-refractivity contribution in [2.75, 3.05) is 6.61 Å². The van der Waals surface area contributed by atoms with Crippen LogP contribution < -0.4 is 4.74 Å². The minimum atomic E-state index is -0.390. The van der Waals surface area contributed by atoms with Gasteiger partial charge >= 0.3 is 5.69 Å². The molecule has 0 unspecified atom stereocenters. The zero-order valence-electron chi connectivity index (χ0n) is 9.39. The first-order valence-corrected chi connectivity index (χ1v) is 6.79. The van der Waals surface area contributed by atoms with Gasteiger partial charge in [0.2, 0.25) is 0 Å². The molecule has 0 aromatic heterocycles. The second kappa shape index (κ2) is 5.49. The van der Waals surface area contributed by atoms with Crippen molar-refractivity contribution in [3.05, 3.63) is 33.9 Å². The maximum absolute atomic E-state index is 10.9. The van der Waals surface area contributed by atoms with E-state index in [1.54, 1.807) is 12.1 Å². The SMILES string of the molecule is O=[N+]([O-])c1cc(CBr)ccc1OCCC1CC1. The van der Waals surface area contributed by atoms with Crippen LogP contribution in [-0.2, 0) is 5.33 Å². The van der Waals surface area contributed by atoms with Crippen LogP contribution >= 0.6 is 15.9 Å². The highest BCUT2D eigenvalue weighted by Gasteiger charge is 2.22. The third-order valence-corrected chi connectivity index (χ3v) is 3.50. The summed E-state index contributed by atoms with van der Waals surface area (Å²) in [6.45, 7) is 0.569. The van der Waals surface area contributed by atoms with E-state index >= 15 is 0 Å². The highest BCUT2D eigenvalue weighted by Crippen LogP contribution is 2.33. The van der Waals surface area contributed by atoms with Gasteiger partial charge in [-0.1, -0.05) is 34.8 Å². The molecule has 1 aromatic carbocycles. The summed E-state index contributed by atoms with van der Waals surface area (Å²) in [5.74, 6) is 1.15. The third kappa shape index (κ3) is 3.43. The number of hydrogen-bond donors (Lipinski definition) is 0. The van der Waals surface area contributed by atoms with Gasteiger partial charge in [0.25, 0.3) is 0 Å². The van der Waals surface area contributed by atoms with Gasteiger partial charge in [-0.3, -0.25) is 10.1 Å². The number of nitro benzene ring substituents is 1. The summed E-state index contributed by atoms with van der Waals surface area (Å²) in [6, 6.07) is 5.08. The van der Waals surface area contributed by atoms with Crippen molar-refractivity contribution in [2.24, 2.45) is 5.92 Å². The molecule has 0 bridgehead atoms. The summed E-state index contributed by atoms with van der Waals surface area (Å²) in [5.41, 5.74) is 0.934. The number of hydrogen-bond acceptors (Lipinski definition) is 3. The first-order chi connectivity index (χ1) is 8.20. The number of nitrogens with zero attached hydrogens (tertiary/aromatic N) is 1. The Labute approximate surface area is 108 Å². The maximum Gasteiger partial charge on any atom is 0.311 e. The number of nitro groups is 1. The van der Waals surface area contributed by atoms with Gasteiger partial charge in [-0.25, -0.2) is 0 Å². The standard InChI is InChI=1S/C12H14BrNO3/c13-8-10-3-4-12(11(7-10)14(15)16)17-6-5-9-1-2-9/h3-4,7,9H,1-2,5-6,8H2. The van der Waals surface area contributed by atoms with E-state index in [2.05, 4.69) is 15.9 Å². The molecule has 0 saturated heterocycles. The van der Waals surface area contributed by atoms with Crippen LogP contribution in [0.5, 0.6) is 5.75 Å². The molecule has 0 radical (unpaired) electrons. The van der Waals surface area contributed by atoms with E-state index in [0.717, 1.165) is 17.9 Å². The second-order valence-electron chi connectivity index (χ2n) is 4.27. The normalized spacial score (nSPS) is 14.6. The molecule has 1 aliphatic rings. The van der Waals surface area contributed by atoms with E-state index in [1.165, 1.54) is 12.8 Å². The Morgan fingerprint density at radius 2 is 2.24 bits per heavy atom. The van der Waals surface area contributed by atoms with Gasteiger partial charge in [0, 0.05) is 11.4 Å². The van der Waals surface area contributed by atoms with Crippen LogP contribution in [0.1, 0.15) is 24.8 Å². The molecule has 1 saturated carbocycles. The monoisotopic (exact) mass is 299 g/mol. The lowest BCUT2D eigenvalue weighted by Crippen LogP contribution is -2.01. The van der Waals surface area contributed by atoms with Crippen LogP contribution in [0.3, 0.4) is 0 Å².